The van der Waals surface area contributed by atoms with E-state index >= 15 is 0 Å². The number of hydrogen-bond donors (Lipinski definition) is 6. The Kier molecular flexibility index (Phi) is 11.3. The number of likely N-dealkylation sites (tertiary alicyclic amines) is 1. The molecule has 2 aromatic rings. The van der Waals surface area contributed by atoms with Gasteiger partial charge in [0.25, 0.3) is 0 Å². The average Bonchev–Trinajstić information content (AvgIpc) is 2.96. The van der Waals surface area contributed by atoms with E-state index in [1.807, 2.05) is 24.3 Å². The number of anilines is 1. The number of aromatic nitrogens is 2. The lowest BCUT2D eigenvalue weighted by Gasteiger charge is -2.37. The molecule has 2 aliphatic rings. The monoisotopic (exact) mass is 604 g/mol. The molecule has 3 amide bonds. The standard InChI is InChI=1S/C27H40N10O4.ClH/c1-27(30,18-38)23(39)35-14-16-36(17-15-35)25(40)32-22-9-13-37(26(41)33-22)21-4-2-19(3-5-21)6-10-34-11-7-20(8-12-34)31-24(28)29;/h2-5,9,13,20,38H,6-8,10-12,14-18,30H2,1H3,(H4,28,29,31)(H,32,33,40,41);1H/t27-;/m0./s1. The number of amides is 3. The zero-order chi connectivity index (χ0) is 29.6. The van der Waals surface area contributed by atoms with E-state index in [1.54, 1.807) is 12.3 Å². The molecule has 3 heterocycles. The summed E-state index contributed by atoms with van der Waals surface area (Å²) in [5, 5.41) is 22.3. The molecule has 8 N–H and O–H groups in total. The minimum Gasteiger partial charge on any atom is -0.394 e. The first-order chi connectivity index (χ1) is 19.6. The van der Waals surface area contributed by atoms with Gasteiger partial charge in [-0.05, 0) is 49.9 Å². The number of nitrogens with two attached hydrogens (primary N) is 2. The van der Waals surface area contributed by atoms with Gasteiger partial charge >= 0.3 is 11.7 Å². The zero-order valence-corrected chi connectivity index (χ0v) is 24.6. The Morgan fingerprint density at radius 1 is 1.07 bits per heavy atom. The largest absolute Gasteiger partial charge is 0.394 e. The van der Waals surface area contributed by atoms with E-state index < -0.39 is 23.9 Å². The van der Waals surface area contributed by atoms with E-state index in [2.05, 4.69) is 20.5 Å². The van der Waals surface area contributed by atoms with Crippen molar-refractivity contribution < 1.29 is 14.7 Å². The highest BCUT2D eigenvalue weighted by Crippen LogP contribution is 2.14. The van der Waals surface area contributed by atoms with Crippen molar-refractivity contribution in [3.05, 3.63) is 52.6 Å². The summed E-state index contributed by atoms with van der Waals surface area (Å²) < 4.78 is 1.42. The van der Waals surface area contributed by atoms with Crippen LogP contribution in [0.2, 0.25) is 0 Å². The molecule has 42 heavy (non-hydrogen) atoms. The minimum atomic E-state index is -1.35. The molecule has 14 nitrogen and oxygen atoms in total. The fourth-order valence-electron chi connectivity index (χ4n) is 5.03. The van der Waals surface area contributed by atoms with Crippen LogP contribution in [-0.4, -0.2) is 111 Å². The van der Waals surface area contributed by atoms with Crippen LogP contribution >= 0.6 is 12.4 Å². The van der Waals surface area contributed by atoms with Crippen molar-refractivity contribution in [2.75, 3.05) is 57.7 Å². The number of benzene rings is 1. The maximum atomic E-state index is 12.7. The second kappa shape index (κ2) is 14.4. The summed E-state index contributed by atoms with van der Waals surface area (Å²) >= 11 is 0. The van der Waals surface area contributed by atoms with Gasteiger partial charge in [-0.3, -0.25) is 20.1 Å². The van der Waals surface area contributed by atoms with Crippen LogP contribution in [0.25, 0.3) is 5.69 Å². The predicted molar refractivity (Wildman–Crippen MR) is 162 cm³/mol. The number of carbonyl (C=O) groups is 2. The number of guanidine groups is 1. The Morgan fingerprint density at radius 2 is 1.69 bits per heavy atom. The Balaban J connectivity index is 0.00000484. The van der Waals surface area contributed by atoms with Crippen LogP contribution in [0.1, 0.15) is 25.3 Å². The predicted octanol–water partition coefficient (Wildman–Crippen LogP) is -0.470. The number of carbonyl (C=O) groups excluding carboxylic acids is 2. The minimum absolute atomic E-state index is 0. The fraction of sp³-hybridized carbons (Fsp3) is 0.519. The molecule has 0 radical (unpaired) electrons. The van der Waals surface area contributed by atoms with Crippen molar-refractivity contribution in [1.82, 2.24) is 29.6 Å². The van der Waals surface area contributed by atoms with Gasteiger partial charge in [0.05, 0.1) is 12.3 Å². The van der Waals surface area contributed by atoms with Crippen LogP contribution in [0.3, 0.4) is 0 Å². The van der Waals surface area contributed by atoms with E-state index in [0.717, 1.165) is 44.5 Å². The quantitative estimate of drug-likeness (QED) is 0.170. The summed E-state index contributed by atoms with van der Waals surface area (Å²) in [5.74, 6) is -0.195. The van der Waals surface area contributed by atoms with E-state index in [0.29, 0.717) is 18.8 Å². The molecule has 0 spiro atoms. The van der Waals surface area contributed by atoms with Gasteiger partial charge in [-0.25, -0.2) is 9.59 Å². The number of hydrogen-bond acceptors (Lipinski definition) is 8. The van der Waals surface area contributed by atoms with Crippen molar-refractivity contribution in [3.8, 4) is 5.69 Å². The molecular weight excluding hydrogens is 564 g/mol. The molecule has 1 aromatic carbocycles. The molecule has 1 atom stereocenters. The van der Waals surface area contributed by atoms with Crippen LogP contribution in [-0.2, 0) is 11.2 Å². The van der Waals surface area contributed by atoms with Gasteiger partial charge in [0.15, 0.2) is 5.96 Å². The lowest BCUT2D eigenvalue weighted by atomic mass is 10.0. The van der Waals surface area contributed by atoms with Crippen molar-refractivity contribution in [1.29, 1.82) is 5.41 Å². The van der Waals surface area contributed by atoms with Gasteiger partial charge in [0.2, 0.25) is 5.91 Å². The molecule has 1 aromatic heterocycles. The molecule has 0 saturated carbocycles. The van der Waals surface area contributed by atoms with Crippen molar-refractivity contribution in [2.45, 2.75) is 37.8 Å². The number of nitrogens with one attached hydrogen (secondary N) is 3. The first-order valence-corrected chi connectivity index (χ1v) is 13.8. The van der Waals surface area contributed by atoms with E-state index in [9.17, 15) is 19.5 Å². The van der Waals surface area contributed by atoms with Crippen LogP contribution < -0.4 is 27.8 Å². The van der Waals surface area contributed by atoms with E-state index in [1.165, 1.54) is 21.3 Å². The normalized spacial score (nSPS) is 17.6. The molecule has 0 unspecified atom stereocenters. The average molecular weight is 605 g/mol. The number of halogens is 1. The number of rotatable bonds is 8. The summed E-state index contributed by atoms with van der Waals surface area (Å²) in [6.07, 6.45) is 4.38. The first-order valence-electron chi connectivity index (χ1n) is 13.8. The third-order valence-electron chi connectivity index (χ3n) is 7.59. The third-order valence-corrected chi connectivity index (χ3v) is 7.59. The maximum Gasteiger partial charge on any atom is 0.354 e. The van der Waals surface area contributed by atoms with Gasteiger partial charge in [-0.15, -0.1) is 12.4 Å². The zero-order valence-electron chi connectivity index (χ0n) is 23.8. The summed E-state index contributed by atoms with van der Waals surface area (Å²) in [4.78, 5) is 47.4. The first kappa shape index (κ1) is 32.8. The molecule has 2 saturated heterocycles. The highest BCUT2D eigenvalue weighted by molar-refractivity contribution is 5.89. The molecule has 0 bridgehead atoms. The highest BCUT2D eigenvalue weighted by Gasteiger charge is 2.34. The number of aliphatic hydroxyl groups excluding tert-OH is 1. The highest BCUT2D eigenvalue weighted by atomic mass is 35.5. The van der Waals surface area contributed by atoms with Crippen molar-refractivity contribution in [3.63, 3.8) is 0 Å². The molecule has 15 heteroatoms. The topological polar surface area (TPSA) is 199 Å². The van der Waals surface area contributed by atoms with Crippen LogP contribution in [0.4, 0.5) is 10.6 Å². The Morgan fingerprint density at radius 3 is 2.26 bits per heavy atom. The fourth-order valence-corrected chi connectivity index (χ4v) is 5.03. The number of aliphatic hydroxyl groups is 1. The van der Waals surface area contributed by atoms with Gasteiger partial charge in [0.1, 0.15) is 11.4 Å². The van der Waals surface area contributed by atoms with Crippen molar-refractivity contribution >= 4 is 36.1 Å². The number of nitrogens with zero attached hydrogens (tertiary/aromatic N) is 5. The molecule has 2 aliphatic heterocycles. The van der Waals surface area contributed by atoms with Crippen molar-refractivity contribution in [2.24, 2.45) is 11.5 Å². The Labute approximate surface area is 251 Å². The molecule has 4 rings (SSSR count). The second-order valence-electron chi connectivity index (χ2n) is 10.8. The van der Waals surface area contributed by atoms with E-state index in [-0.39, 0.29) is 49.2 Å². The molecule has 2 fully saturated rings. The molecular formula is C27H41ClN10O4. The van der Waals surface area contributed by atoms with Crippen LogP contribution in [0, 0.1) is 5.41 Å². The maximum absolute atomic E-state index is 12.7. The Hall–Kier alpha value is -3.72. The van der Waals surface area contributed by atoms with Gasteiger partial charge in [-0.2, -0.15) is 4.98 Å². The third kappa shape index (κ3) is 8.41. The SMILES string of the molecule is C[C@](N)(CO)C(=O)N1CCN(C(=O)Nc2ccn(-c3ccc(CCN4CCC(NC(=N)N)CC4)cc3)c(=O)n2)CC1.Cl. The van der Waals surface area contributed by atoms with Gasteiger partial charge < -0.3 is 36.6 Å². The van der Waals surface area contributed by atoms with Gasteiger partial charge in [0, 0.05) is 58.1 Å². The van der Waals surface area contributed by atoms with Crippen LogP contribution in [0.15, 0.2) is 41.3 Å². The van der Waals surface area contributed by atoms with Gasteiger partial charge in [-0.1, -0.05) is 12.1 Å². The van der Waals surface area contributed by atoms with Crippen LogP contribution in [0.5, 0.6) is 0 Å². The number of piperidine rings is 1. The summed E-state index contributed by atoms with van der Waals surface area (Å²) in [6, 6.07) is 9.18. The number of piperazine rings is 1. The smallest absolute Gasteiger partial charge is 0.354 e. The summed E-state index contributed by atoms with van der Waals surface area (Å²) in [6.45, 7) is 5.03. The second-order valence-corrected chi connectivity index (χ2v) is 10.8. The summed E-state index contributed by atoms with van der Waals surface area (Å²) in [7, 11) is 0. The molecule has 230 valence electrons. The lowest BCUT2D eigenvalue weighted by Crippen LogP contribution is -2.60. The number of urea groups is 1. The lowest BCUT2D eigenvalue weighted by molar-refractivity contribution is -0.139. The molecule has 0 aliphatic carbocycles. The van der Waals surface area contributed by atoms with E-state index in [4.69, 9.17) is 16.9 Å². The summed E-state index contributed by atoms with van der Waals surface area (Å²) in [5.41, 5.74) is 11.2. The Bertz CT molecular complexity index is 1290.